The van der Waals surface area contributed by atoms with Crippen LogP contribution in [0.3, 0.4) is 0 Å². The maximum atomic E-state index is 10.7. The Bertz CT molecular complexity index is 386. The van der Waals surface area contributed by atoms with Crippen molar-refractivity contribution < 1.29 is 9.90 Å². The Kier molecular flexibility index (Phi) is 6.57. The van der Waals surface area contributed by atoms with Gasteiger partial charge in [-0.2, -0.15) is 0 Å². The van der Waals surface area contributed by atoms with Crippen molar-refractivity contribution in [1.82, 2.24) is 4.90 Å². The normalized spacial score (nSPS) is 12.6. The minimum atomic E-state index is -0.732. The third-order valence-electron chi connectivity index (χ3n) is 3.57. The lowest BCUT2D eigenvalue weighted by Gasteiger charge is -2.27. The van der Waals surface area contributed by atoms with Crippen LogP contribution in [0.4, 0.5) is 0 Å². The highest BCUT2D eigenvalue weighted by atomic mass is 16.4. The van der Waals surface area contributed by atoms with Crippen molar-refractivity contribution in [3.63, 3.8) is 0 Å². The van der Waals surface area contributed by atoms with Gasteiger partial charge in [-0.25, -0.2) is 0 Å². The second kappa shape index (κ2) is 7.95. The van der Waals surface area contributed by atoms with Gasteiger partial charge in [0.25, 0.3) is 0 Å². The van der Waals surface area contributed by atoms with E-state index in [1.54, 1.807) is 0 Å². The van der Waals surface area contributed by atoms with Crippen LogP contribution in [-0.2, 0) is 11.2 Å². The molecule has 0 saturated carbocycles. The zero-order chi connectivity index (χ0) is 14.3. The third-order valence-corrected chi connectivity index (χ3v) is 3.57. The van der Waals surface area contributed by atoms with Gasteiger partial charge in [-0.15, -0.1) is 0 Å². The number of hydrogen-bond donors (Lipinski definition) is 1. The van der Waals surface area contributed by atoms with Crippen molar-refractivity contribution in [3.8, 4) is 0 Å². The van der Waals surface area contributed by atoms with Crippen molar-refractivity contribution in [2.45, 2.75) is 46.1 Å². The van der Waals surface area contributed by atoms with Gasteiger partial charge in [0.15, 0.2) is 0 Å². The van der Waals surface area contributed by atoms with Gasteiger partial charge in [-0.05, 0) is 31.0 Å². The van der Waals surface area contributed by atoms with Crippen molar-refractivity contribution in [2.24, 2.45) is 0 Å². The minimum absolute atomic E-state index is 0.200. The van der Waals surface area contributed by atoms with Crippen LogP contribution in [0, 0.1) is 0 Å². The number of carboxylic acids is 1. The highest BCUT2D eigenvalue weighted by Gasteiger charge is 2.14. The molecule has 19 heavy (non-hydrogen) atoms. The van der Waals surface area contributed by atoms with Crippen LogP contribution in [-0.4, -0.2) is 29.1 Å². The van der Waals surface area contributed by atoms with Crippen LogP contribution in [0.25, 0.3) is 0 Å². The number of carboxylic acid groups (broad SMARTS) is 1. The molecule has 106 valence electrons. The second-order valence-electron chi connectivity index (χ2n) is 4.94. The molecule has 0 aliphatic rings. The number of benzene rings is 1. The fraction of sp³-hybridized carbons (Fsp3) is 0.562. The van der Waals surface area contributed by atoms with Crippen LogP contribution in [0.5, 0.6) is 0 Å². The van der Waals surface area contributed by atoms with E-state index < -0.39 is 5.97 Å². The quantitative estimate of drug-likeness (QED) is 0.780. The van der Waals surface area contributed by atoms with Gasteiger partial charge in [-0.1, -0.05) is 44.5 Å². The predicted octanol–water partition coefficient (Wildman–Crippen LogP) is 3.50. The standard InChI is InChI=1S/C16H25NO2/c1-4-6-14-7-9-15(10-8-14)13(3)17(5-2)12-11-16(18)19/h7-10,13H,4-6,11-12H2,1-3H3,(H,18,19). The molecule has 1 unspecified atom stereocenters. The van der Waals surface area contributed by atoms with Gasteiger partial charge in [0.2, 0.25) is 0 Å². The molecule has 3 nitrogen and oxygen atoms in total. The fourth-order valence-electron chi connectivity index (χ4n) is 2.33. The molecule has 0 fully saturated rings. The first-order valence-corrected chi connectivity index (χ1v) is 7.13. The molecule has 0 aliphatic carbocycles. The van der Waals surface area contributed by atoms with Crippen LogP contribution >= 0.6 is 0 Å². The zero-order valence-corrected chi connectivity index (χ0v) is 12.2. The Balaban J connectivity index is 2.67. The van der Waals surface area contributed by atoms with E-state index in [1.807, 2.05) is 0 Å². The predicted molar refractivity (Wildman–Crippen MR) is 78.4 cm³/mol. The SMILES string of the molecule is CCCc1ccc(C(C)N(CC)CCC(=O)O)cc1. The van der Waals surface area contributed by atoms with E-state index in [4.69, 9.17) is 5.11 Å². The lowest BCUT2D eigenvalue weighted by molar-refractivity contribution is -0.137. The molecule has 1 atom stereocenters. The molecule has 0 spiro atoms. The van der Waals surface area contributed by atoms with E-state index in [9.17, 15) is 4.79 Å². The van der Waals surface area contributed by atoms with Crippen LogP contribution in [0.15, 0.2) is 24.3 Å². The van der Waals surface area contributed by atoms with E-state index >= 15 is 0 Å². The largest absolute Gasteiger partial charge is 0.481 e. The number of carbonyl (C=O) groups is 1. The Morgan fingerprint density at radius 1 is 1.26 bits per heavy atom. The number of aryl methyl sites for hydroxylation is 1. The summed E-state index contributed by atoms with van der Waals surface area (Å²) in [5.41, 5.74) is 2.62. The van der Waals surface area contributed by atoms with Gasteiger partial charge < -0.3 is 5.11 Å². The van der Waals surface area contributed by atoms with Crippen LogP contribution < -0.4 is 0 Å². The van der Waals surface area contributed by atoms with Gasteiger partial charge in [0, 0.05) is 12.6 Å². The molecule has 0 radical (unpaired) electrons. The molecule has 0 aliphatic heterocycles. The molecule has 0 heterocycles. The fourth-order valence-corrected chi connectivity index (χ4v) is 2.33. The Hall–Kier alpha value is -1.35. The maximum absolute atomic E-state index is 10.7. The smallest absolute Gasteiger partial charge is 0.304 e. The summed E-state index contributed by atoms with van der Waals surface area (Å²) in [5, 5.41) is 8.78. The highest BCUT2D eigenvalue weighted by molar-refractivity contribution is 5.66. The minimum Gasteiger partial charge on any atom is -0.481 e. The van der Waals surface area contributed by atoms with Gasteiger partial charge in [0.05, 0.1) is 6.42 Å². The first kappa shape index (κ1) is 15.7. The molecular formula is C16H25NO2. The first-order chi connectivity index (χ1) is 9.08. The molecule has 1 aromatic carbocycles. The van der Waals surface area contributed by atoms with Gasteiger partial charge in [-0.3, -0.25) is 9.69 Å². The van der Waals surface area contributed by atoms with Crippen molar-refractivity contribution in [3.05, 3.63) is 35.4 Å². The molecule has 1 rings (SSSR count). The topological polar surface area (TPSA) is 40.5 Å². The van der Waals surface area contributed by atoms with E-state index in [2.05, 4.69) is 49.9 Å². The average molecular weight is 263 g/mol. The Labute approximate surface area is 116 Å². The number of hydrogen-bond acceptors (Lipinski definition) is 2. The summed E-state index contributed by atoms with van der Waals surface area (Å²) >= 11 is 0. The summed E-state index contributed by atoms with van der Waals surface area (Å²) < 4.78 is 0. The molecule has 3 heteroatoms. The first-order valence-electron chi connectivity index (χ1n) is 7.13. The molecule has 0 saturated heterocycles. The van der Waals surface area contributed by atoms with E-state index in [1.165, 1.54) is 11.1 Å². The monoisotopic (exact) mass is 263 g/mol. The second-order valence-corrected chi connectivity index (χ2v) is 4.94. The lowest BCUT2D eigenvalue weighted by atomic mass is 10.0. The average Bonchev–Trinajstić information content (AvgIpc) is 2.40. The van der Waals surface area contributed by atoms with Gasteiger partial charge in [0.1, 0.15) is 0 Å². The summed E-state index contributed by atoms with van der Waals surface area (Å²) in [6.45, 7) is 7.86. The molecule has 0 bridgehead atoms. The molecule has 0 amide bonds. The maximum Gasteiger partial charge on any atom is 0.304 e. The van der Waals surface area contributed by atoms with E-state index in [-0.39, 0.29) is 12.5 Å². The number of aliphatic carboxylic acids is 1. The van der Waals surface area contributed by atoms with Crippen LogP contribution in [0.2, 0.25) is 0 Å². The van der Waals surface area contributed by atoms with E-state index in [0.29, 0.717) is 6.54 Å². The Morgan fingerprint density at radius 2 is 1.89 bits per heavy atom. The van der Waals surface area contributed by atoms with Crippen molar-refractivity contribution in [1.29, 1.82) is 0 Å². The lowest BCUT2D eigenvalue weighted by Crippen LogP contribution is -2.29. The zero-order valence-electron chi connectivity index (χ0n) is 12.2. The molecule has 0 aromatic heterocycles. The van der Waals surface area contributed by atoms with E-state index in [0.717, 1.165) is 19.4 Å². The van der Waals surface area contributed by atoms with Crippen molar-refractivity contribution >= 4 is 5.97 Å². The number of rotatable bonds is 8. The molecule has 1 N–H and O–H groups in total. The summed E-state index contributed by atoms with van der Waals surface area (Å²) in [7, 11) is 0. The van der Waals surface area contributed by atoms with Crippen molar-refractivity contribution in [2.75, 3.05) is 13.1 Å². The molecule has 1 aromatic rings. The summed E-state index contributed by atoms with van der Waals surface area (Å²) in [4.78, 5) is 12.9. The highest BCUT2D eigenvalue weighted by Crippen LogP contribution is 2.21. The summed E-state index contributed by atoms with van der Waals surface area (Å²) in [5.74, 6) is -0.732. The third kappa shape index (κ3) is 5.03. The molecular weight excluding hydrogens is 238 g/mol. The summed E-state index contributed by atoms with van der Waals surface area (Å²) in [6, 6.07) is 8.96. The summed E-state index contributed by atoms with van der Waals surface area (Å²) in [6.07, 6.45) is 2.48. The number of nitrogens with zero attached hydrogens (tertiary/aromatic N) is 1. The van der Waals surface area contributed by atoms with Crippen LogP contribution in [0.1, 0.15) is 50.8 Å². The Morgan fingerprint density at radius 3 is 2.37 bits per heavy atom. The van der Waals surface area contributed by atoms with Gasteiger partial charge >= 0.3 is 5.97 Å².